The Morgan fingerprint density at radius 3 is 2.65 bits per heavy atom. The zero-order chi connectivity index (χ0) is 14.8. The lowest BCUT2D eigenvalue weighted by Gasteiger charge is -2.11. The fourth-order valence-electron chi connectivity index (χ4n) is 1.45. The fourth-order valence-corrected chi connectivity index (χ4v) is 2.21. The number of anilines is 1. The van der Waals surface area contributed by atoms with Crippen molar-refractivity contribution in [1.29, 1.82) is 0 Å². The van der Waals surface area contributed by atoms with Crippen LogP contribution in [0.3, 0.4) is 0 Å². The number of nitrogens with zero attached hydrogens (tertiary/aromatic N) is 2. The van der Waals surface area contributed by atoms with Crippen molar-refractivity contribution in [2.75, 3.05) is 5.32 Å². The topological polar surface area (TPSA) is 68.0 Å². The molecule has 0 atom stereocenters. The van der Waals surface area contributed by atoms with Gasteiger partial charge in [-0.3, -0.25) is 4.79 Å². The third-order valence-corrected chi connectivity index (χ3v) is 3.26. The number of rotatable bonds is 3. The summed E-state index contributed by atoms with van der Waals surface area (Å²) in [5, 5.41) is 3.23. The van der Waals surface area contributed by atoms with E-state index in [0.29, 0.717) is 16.8 Å². The number of oxazole rings is 1. The minimum absolute atomic E-state index is 0.102. The molecule has 1 amide bonds. The summed E-state index contributed by atoms with van der Waals surface area (Å²) in [7, 11) is 0. The highest BCUT2D eigenvalue weighted by molar-refractivity contribution is 7.16. The van der Waals surface area contributed by atoms with Crippen LogP contribution in [0.4, 0.5) is 5.13 Å². The molecule has 0 radical (unpaired) electrons. The Hall–Kier alpha value is -1.95. The number of hydrogen-bond acceptors (Lipinski definition) is 5. The summed E-state index contributed by atoms with van der Waals surface area (Å²) >= 11 is 1.40. The molecular weight excluding hydrogens is 274 g/mol. The van der Waals surface area contributed by atoms with E-state index in [-0.39, 0.29) is 11.3 Å². The van der Waals surface area contributed by atoms with Crippen LogP contribution in [0.15, 0.2) is 16.8 Å². The summed E-state index contributed by atoms with van der Waals surface area (Å²) in [5.41, 5.74) is -0.102. The molecule has 0 fully saturated rings. The standard InChI is InChI=1S/C14H17N3O2S/c1-9(18)17-13-16-8-11(20-13)6-5-10-7-15-12(19-10)14(2,3)4/h5-8H,1-4H3,(H,16,17,18). The fraction of sp³-hybridized carbons (Fsp3) is 0.357. The maximum Gasteiger partial charge on any atom is 0.223 e. The molecule has 0 aliphatic carbocycles. The molecule has 0 spiro atoms. The van der Waals surface area contributed by atoms with E-state index in [9.17, 15) is 4.79 Å². The van der Waals surface area contributed by atoms with Gasteiger partial charge in [-0.05, 0) is 12.2 Å². The Kier molecular flexibility index (Phi) is 4.04. The van der Waals surface area contributed by atoms with Gasteiger partial charge in [0.15, 0.2) is 11.0 Å². The van der Waals surface area contributed by atoms with E-state index < -0.39 is 0 Å². The third-order valence-electron chi connectivity index (χ3n) is 2.38. The van der Waals surface area contributed by atoms with E-state index in [4.69, 9.17) is 4.42 Å². The van der Waals surface area contributed by atoms with E-state index in [2.05, 4.69) is 36.1 Å². The van der Waals surface area contributed by atoms with Crippen LogP contribution in [0.5, 0.6) is 0 Å². The Balaban J connectivity index is 2.07. The smallest absolute Gasteiger partial charge is 0.223 e. The van der Waals surface area contributed by atoms with Crippen LogP contribution >= 0.6 is 11.3 Å². The first kappa shape index (κ1) is 14.5. The number of hydrogen-bond donors (Lipinski definition) is 1. The molecule has 0 aromatic carbocycles. The highest BCUT2D eigenvalue weighted by Crippen LogP contribution is 2.24. The highest BCUT2D eigenvalue weighted by Gasteiger charge is 2.19. The van der Waals surface area contributed by atoms with Gasteiger partial charge >= 0.3 is 0 Å². The third kappa shape index (κ3) is 3.77. The molecule has 1 N–H and O–H groups in total. The van der Waals surface area contributed by atoms with Crippen LogP contribution in [0, 0.1) is 0 Å². The Morgan fingerprint density at radius 2 is 2.05 bits per heavy atom. The number of nitrogens with one attached hydrogen (secondary N) is 1. The quantitative estimate of drug-likeness (QED) is 0.939. The van der Waals surface area contributed by atoms with Crippen LogP contribution in [-0.4, -0.2) is 15.9 Å². The molecule has 0 saturated heterocycles. The largest absolute Gasteiger partial charge is 0.441 e. The summed E-state index contributed by atoms with van der Waals surface area (Å²) in [6.45, 7) is 7.61. The molecule has 2 aromatic heterocycles. The Morgan fingerprint density at radius 1 is 1.30 bits per heavy atom. The van der Waals surface area contributed by atoms with Gasteiger partial charge < -0.3 is 9.73 Å². The number of aromatic nitrogens is 2. The zero-order valence-electron chi connectivity index (χ0n) is 11.9. The predicted octanol–water partition coefficient (Wildman–Crippen LogP) is 3.56. The molecule has 0 aliphatic heterocycles. The molecule has 106 valence electrons. The van der Waals surface area contributed by atoms with E-state index in [0.717, 1.165) is 4.88 Å². The second-order valence-corrected chi connectivity index (χ2v) is 6.46. The van der Waals surface area contributed by atoms with E-state index >= 15 is 0 Å². The van der Waals surface area contributed by atoms with Crippen LogP contribution in [-0.2, 0) is 10.2 Å². The van der Waals surface area contributed by atoms with Crippen molar-refractivity contribution in [2.45, 2.75) is 33.1 Å². The van der Waals surface area contributed by atoms with Gasteiger partial charge in [-0.15, -0.1) is 0 Å². The maximum atomic E-state index is 10.9. The van der Waals surface area contributed by atoms with Crippen molar-refractivity contribution in [1.82, 2.24) is 9.97 Å². The second-order valence-electron chi connectivity index (χ2n) is 5.40. The molecule has 2 heterocycles. The lowest BCUT2D eigenvalue weighted by Crippen LogP contribution is -2.10. The van der Waals surface area contributed by atoms with Gasteiger partial charge in [0.1, 0.15) is 5.76 Å². The summed E-state index contributed by atoms with van der Waals surface area (Å²) < 4.78 is 5.66. The summed E-state index contributed by atoms with van der Waals surface area (Å²) in [4.78, 5) is 20.2. The molecule has 0 unspecified atom stereocenters. The van der Waals surface area contributed by atoms with Crippen LogP contribution in [0.1, 0.15) is 44.2 Å². The highest BCUT2D eigenvalue weighted by atomic mass is 32.1. The van der Waals surface area contributed by atoms with Crippen molar-refractivity contribution in [3.05, 3.63) is 28.9 Å². The van der Waals surface area contributed by atoms with Gasteiger partial charge in [0, 0.05) is 23.4 Å². The van der Waals surface area contributed by atoms with Gasteiger partial charge in [-0.1, -0.05) is 32.1 Å². The first-order chi connectivity index (χ1) is 9.34. The number of amides is 1. The van der Waals surface area contributed by atoms with E-state index in [1.54, 1.807) is 12.4 Å². The first-order valence-corrected chi connectivity index (χ1v) is 7.04. The van der Waals surface area contributed by atoms with Gasteiger partial charge in [0.25, 0.3) is 0 Å². The molecular formula is C14H17N3O2S. The summed E-state index contributed by atoms with van der Waals surface area (Å²) in [5.74, 6) is 1.28. The van der Waals surface area contributed by atoms with E-state index in [1.165, 1.54) is 18.3 Å². The molecule has 20 heavy (non-hydrogen) atoms. The van der Waals surface area contributed by atoms with Crippen LogP contribution < -0.4 is 5.32 Å². The SMILES string of the molecule is CC(=O)Nc1ncc(C=Cc2cnc(C(C)(C)C)o2)s1. The van der Waals surface area contributed by atoms with Gasteiger partial charge in [-0.25, -0.2) is 9.97 Å². The molecule has 2 aromatic rings. The van der Waals surface area contributed by atoms with Gasteiger partial charge in [0.2, 0.25) is 5.91 Å². The summed E-state index contributed by atoms with van der Waals surface area (Å²) in [6.07, 6.45) is 7.13. The minimum atomic E-state index is -0.125. The normalized spacial score (nSPS) is 12.0. The Labute approximate surface area is 121 Å². The number of carbonyl (C=O) groups excluding carboxylic acids is 1. The van der Waals surface area contributed by atoms with Crippen molar-refractivity contribution in [3.8, 4) is 0 Å². The zero-order valence-corrected chi connectivity index (χ0v) is 12.7. The van der Waals surface area contributed by atoms with Crippen LogP contribution in [0.2, 0.25) is 0 Å². The Bertz CT molecular complexity index is 635. The minimum Gasteiger partial charge on any atom is -0.441 e. The summed E-state index contributed by atoms with van der Waals surface area (Å²) in [6, 6.07) is 0. The number of carbonyl (C=O) groups is 1. The molecule has 0 saturated carbocycles. The van der Waals surface area contributed by atoms with Gasteiger partial charge in [0.05, 0.1) is 6.20 Å². The lowest BCUT2D eigenvalue weighted by molar-refractivity contribution is -0.114. The lowest BCUT2D eigenvalue weighted by atomic mass is 9.97. The van der Waals surface area contributed by atoms with Crippen LogP contribution in [0.25, 0.3) is 12.2 Å². The molecule has 6 heteroatoms. The maximum absolute atomic E-state index is 10.9. The van der Waals surface area contributed by atoms with Crippen molar-refractivity contribution in [2.24, 2.45) is 0 Å². The van der Waals surface area contributed by atoms with Crippen molar-refractivity contribution >= 4 is 34.5 Å². The molecule has 2 rings (SSSR count). The van der Waals surface area contributed by atoms with E-state index in [1.807, 2.05) is 12.2 Å². The molecule has 5 nitrogen and oxygen atoms in total. The number of thiazole rings is 1. The van der Waals surface area contributed by atoms with Crippen molar-refractivity contribution in [3.63, 3.8) is 0 Å². The van der Waals surface area contributed by atoms with Gasteiger partial charge in [-0.2, -0.15) is 0 Å². The van der Waals surface area contributed by atoms with Crippen molar-refractivity contribution < 1.29 is 9.21 Å². The predicted molar refractivity (Wildman–Crippen MR) is 80.5 cm³/mol. The molecule has 0 bridgehead atoms. The molecule has 0 aliphatic rings. The monoisotopic (exact) mass is 291 g/mol. The second kappa shape index (κ2) is 5.58. The first-order valence-electron chi connectivity index (χ1n) is 6.22. The average molecular weight is 291 g/mol. The average Bonchev–Trinajstić information content (AvgIpc) is 2.93.